The van der Waals surface area contributed by atoms with Crippen LogP contribution in [-0.2, 0) is 6.54 Å². The Morgan fingerprint density at radius 3 is 2.92 bits per heavy atom. The molecule has 2 heterocycles. The van der Waals surface area contributed by atoms with Crippen molar-refractivity contribution in [3.05, 3.63) is 58.3 Å². The third-order valence-corrected chi connectivity index (χ3v) is 5.06. The summed E-state index contributed by atoms with van der Waals surface area (Å²) in [6.45, 7) is 2.30. The molecule has 0 saturated carbocycles. The number of thiazole rings is 1. The van der Waals surface area contributed by atoms with E-state index in [1.165, 1.54) is 18.4 Å². The molecule has 6 nitrogen and oxygen atoms in total. The van der Waals surface area contributed by atoms with Crippen LogP contribution in [0, 0.1) is 6.92 Å². The molecule has 134 valence electrons. The number of hydrogen-bond acceptors (Lipinski definition) is 5. The lowest BCUT2D eigenvalue weighted by atomic mass is 10.3. The largest absolute Gasteiger partial charge is 0.495 e. The number of aromatic nitrogens is 2. The van der Waals surface area contributed by atoms with Gasteiger partial charge in [0.1, 0.15) is 10.8 Å². The summed E-state index contributed by atoms with van der Waals surface area (Å²) < 4.78 is 5.22. The number of benzene rings is 1. The van der Waals surface area contributed by atoms with Crippen LogP contribution in [-0.4, -0.2) is 23.1 Å². The van der Waals surface area contributed by atoms with Gasteiger partial charge in [0.05, 0.1) is 25.0 Å². The van der Waals surface area contributed by atoms with Crippen molar-refractivity contribution in [3.8, 4) is 16.3 Å². The zero-order valence-corrected chi connectivity index (χ0v) is 15.8. The maximum absolute atomic E-state index is 12.2. The number of anilines is 1. The second-order valence-electron chi connectivity index (χ2n) is 5.42. The lowest BCUT2D eigenvalue weighted by Gasteiger charge is -2.11. The van der Waals surface area contributed by atoms with Crippen LogP contribution in [0.25, 0.3) is 10.6 Å². The van der Waals surface area contributed by atoms with Gasteiger partial charge in [-0.05, 0) is 37.3 Å². The topological polar surface area (TPSA) is 76.1 Å². The summed E-state index contributed by atoms with van der Waals surface area (Å²) in [5, 5.41) is 6.97. The average Bonchev–Trinajstić information content (AvgIpc) is 3.02. The van der Waals surface area contributed by atoms with Gasteiger partial charge in [0.2, 0.25) is 0 Å². The molecule has 2 amide bonds. The van der Waals surface area contributed by atoms with Gasteiger partial charge in [-0.15, -0.1) is 11.3 Å². The average molecular weight is 389 g/mol. The number of halogens is 1. The van der Waals surface area contributed by atoms with E-state index in [-0.39, 0.29) is 6.03 Å². The van der Waals surface area contributed by atoms with E-state index in [0.717, 1.165) is 21.1 Å². The molecule has 0 spiro atoms. The Morgan fingerprint density at radius 2 is 2.19 bits per heavy atom. The molecule has 1 aromatic carbocycles. The quantitative estimate of drug-likeness (QED) is 0.674. The van der Waals surface area contributed by atoms with E-state index in [1.54, 1.807) is 30.6 Å². The zero-order valence-electron chi connectivity index (χ0n) is 14.2. The number of ether oxygens (including phenoxy) is 1. The number of urea groups is 1. The molecule has 8 heteroatoms. The van der Waals surface area contributed by atoms with Gasteiger partial charge in [-0.25, -0.2) is 9.78 Å². The highest BCUT2D eigenvalue weighted by atomic mass is 35.5. The van der Waals surface area contributed by atoms with Crippen LogP contribution in [0.4, 0.5) is 10.5 Å². The summed E-state index contributed by atoms with van der Waals surface area (Å²) in [5.41, 5.74) is 2.35. The number of carbonyl (C=O) groups excluding carboxylic acids is 1. The summed E-state index contributed by atoms with van der Waals surface area (Å²) in [5.74, 6) is 0.539. The number of methoxy groups -OCH3 is 1. The van der Waals surface area contributed by atoms with Crippen LogP contribution in [0.3, 0.4) is 0 Å². The maximum Gasteiger partial charge on any atom is 0.319 e. The number of hydrogen-bond donors (Lipinski definition) is 2. The van der Waals surface area contributed by atoms with Gasteiger partial charge in [0.15, 0.2) is 0 Å². The monoisotopic (exact) mass is 388 g/mol. The van der Waals surface area contributed by atoms with E-state index in [4.69, 9.17) is 16.3 Å². The molecule has 2 N–H and O–H groups in total. The molecule has 3 rings (SSSR count). The Balaban J connectivity index is 1.65. The van der Waals surface area contributed by atoms with Crippen LogP contribution in [0.5, 0.6) is 5.75 Å². The summed E-state index contributed by atoms with van der Waals surface area (Å²) in [4.78, 5) is 21.8. The number of amides is 2. The number of rotatable bonds is 5. The summed E-state index contributed by atoms with van der Waals surface area (Å²) in [6.07, 6.45) is 3.49. The zero-order chi connectivity index (χ0) is 18.5. The highest BCUT2D eigenvalue weighted by Crippen LogP contribution is 2.28. The fraction of sp³-hybridized carbons (Fsp3) is 0.167. The van der Waals surface area contributed by atoms with Crippen molar-refractivity contribution in [2.75, 3.05) is 12.4 Å². The van der Waals surface area contributed by atoms with Gasteiger partial charge < -0.3 is 15.4 Å². The van der Waals surface area contributed by atoms with Gasteiger partial charge in [0.25, 0.3) is 0 Å². The van der Waals surface area contributed by atoms with Crippen LogP contribution in [0.15, 0.2) is 42.7 Å². The molecule has 0 bridgehead atoms. The van der Waals surface area contributed by atoms with Crippen molar-refractivity contribution >= 4 is 34.7 Å². The molecule has 0 aliphatic carbocycles. The molecule has 3 aromatic rings. The van der Waals surface area contributed by atoms with Crippen LogP contribution < -0.4 is 15.4 Å². The Morgan fingerprint density at radius 1 is 1.35 bits per heavy atom. The molecule has 26 heavy (non-hydrogen) atoms. The number of pyridine rings is 1. The van der Waals surface area contributed by atoms with Crippen molar-refractivity contribution in [2.24, 2.45) is 0 Å². The van der Waals surface area contributed by atoms with Crippen molar-refractivity contribution in [1.82, 2.24) is 15.3 Å². The van der Waals surface area contributed by atoms with Crippen molar-refractivity contribution in [1.29, 1.82) is 0 Å². The van der Waals surface area contributed by atoms with E-state index >= 15 is 0 Å². The second kappa shape index (κ2) is 8.16. The Kier molecular flexibility index (Phi) is 5.70. The first kappa shape index (κ1) is 18.2. The van der Waals surface area contributed by atoms with Crippen molar-refractivity contribution < 1.29 is 9.53 Å². The maximum atomic E-state index is 12.2. The van der Waals surface area contributed by atoms with E-state index in [0.29, 0.717) is 23.0 Å². The van der Waals surface area contributed by atoms with Gasteiger partial charge in [-0.1, -0.05) is 11.6 Å². The standard InChI is InChI=1S/C18H17ClN4O2S/c1-11-16(26-17(22-11)12-4-3-7-20-9-12)10-21-18(24)23-14-8-13(19)5-6-15(14)25-2/h3-9H,10H2,1-2H3,(H2,21,23,24). The minimum absolute atomic E-state index is 0.346. The highest BCUT2D eigenvalue weighted by molar-refractivity contribution is 7.15. The predicted molar refractivity (Wildman–Crippen MR) is 104 cm³/mol. The molecular weight excluding hydrogens is 372 g/mol. The number of aryl methyl sites for hydroxylation is 1. The van der Waals surface area contributed by atoms with E-state index in [9.17, 15) is 4.79 Å². The second-order valence-corrected chi connectivity index (χ2v) is 6.94. The van der Waals surface area contributed by atoms with E-state index in [2.05, 4.69) is 20.6 Å². The van der Waals surface area contributed by atoms with E-state index in [1.807, 2.05) is 19.1 Å². The molecule has 0 fully saturated rings. The van der Waals surface area contributed by atoms with Crippen LogP contribution >= 0.6 is 22.9 Å². The first-order chi connectivity index (χ1) is 12.6. The molecule has 2 aromatic heterocycles. The van der Waals surface area contributed by atoms with Gasteiger partial charge in [-0.3, -0.25) is 4.98 Å². The third kappa shape index (κ3) is 4.30. The van der Waals surface area contributed by atoms with E-state index < -0.39 is 0 Å². The molecule has 0 aliphatic rings. The Hall–Kier alpha value is -2.64. The smallest absolute Gasteiger partial charge is 0.319 e. The molecule has 0 aliphatic heterocycles. The summed E-state index contributed by atoms with van der Waals surface area (Å²) in [6, 6.07) is 8.52. The minimum atomic E-state index is -0.346. The molecular formula is C18H17ClN4O2S. The SMILES string of the molecule is COc1ccc(Cl)cc1NC(=O)NCc1sc(-c2cccnc2)nc1C. The first-order valence-electron chi connectivity index (χ1n) is 7.82. The first-order valence-corrected chi connectivity index (χ1v) is 9.01. The summed E-state index contributed by atoms with van der Waals surface area (Å²) >= 11 is 7.50. The lowest BCUT2D eigenvalue weighted by molar-refractivity contribution is 0.251. The van der Waals surface area contributed by atoms with Crippen LogP contribution in [0.1, 0.15) is 10.6 Å². The fourth-order valence-corrected chi connectivity index (χ4v) is 3.47. The predicted octanol–water partition coefficient (Wildman–Crippen LogP) is 4.50. The van der Waals surface area contributed by atoms with Gasteiger partial charge >= 0.3 is 6.03 Å². The number of nitrogens with one attached hydrogen (secondary N) is 2. The third-order valence-electron chi connectivity index (χ3n) is 3.62. The Bertz CT molecular complexity index is 915. The molecule has 0 saturated heterocycles. The number of carbonyl (C=O) groups is 1. The lowest BCUT2D eigenvalue weighted by Crippen LogP contribution is -2.28. The number of nitrogens with zero attached hydrogens (tertiary/aromatic N) is 2. The van der Waals surface area contributed by atoms with Crippen LogP contribution in [0.2, 0.25) is 5.02 Å². The summed E-state index contributed by atoms with van der Waals surface area (Å²) in [7, 11) is 1.53. The van der Waals surface area contributed by atoms with Crippen molar-refractivity contribution in [3.63, 3.8) is 0 Å². The normalized spacial score (nSPS) is 10.4. The molecule has 0 unspecified atom stereocenters. The van der Waals surface area contributed by atoms with Gasteiger partial charge in [0, 0.05) is 27.9 Å². The molecule has 0 radical (unpaired) electrons. The Labute approximate surface area is 160 Å². The minimum Gasteiger partial charge on any atom is -0.495 e. The van der Waals surface area contributed by atoms with Crippen molar-refractivity contribution in [2.45, 2.75) is 13.5 Å². The highest BCUT2D eigenvalue weighted by Gasteiger charge is 2.12. The molecule has 0 atom stereocenters. The fourth-order valence-electron chi connectivity index (χ4n) is 2.31. The van der Waals surface area contributed by atoms with Gasteiger partial charge in [-0.2, -0.15) is 0 Å².